The quantitative estimate of drug-likeness (QED) is 0.327. The van der Waals surface area contributed by atoms with Crippen LogP contribution in [0.2, 0.25) is 0 Å². The van der Waals surface area contributed by atoms with Gasteiger partial charge in [0, 0.05) is 39.1 Å². The molecule has 0 aliphatic carbocycles. The molecule has 0 spiro atoms. The lowest BCUT2D eigenvalue weighted by atomic mass is 10.2. The lowest BCUT2D eigenvalue weighted by molar-refractivity contribution is -0.122. The second-order valence-electron chi connectivity index (χ2n) is 7.96. The number of hydrogen-bond acceptors (Lipinski definition) is 8. The second kappa shape index (κ2) is 10.8. The number of fused-ring (bicyclic) bond motifs is 1. The van der Waals surface area contributed by atoms with Gasteiger partial charge in [0.2, 0.25) is 0 Å². The number of hydrogen-bond donors (Lipinski definition) is 1. The number of thiocarbonyl (C=S) groups is 1. The molecule has 0 bridgehead atoms. The highest BCUT2D eigenvalue weighted by molar-refractivity contribution is 8.26. The molecule has 1 atom stereocenters. The normalized spacial score (nSPS) is 19.9. The SMILES string of the molecule is CCOCCCN1C(=O)/C(=C\c2c(NCC3CCCO3)nc3c(C)cccn3c2=O)SC1=S. The molecule has 8 nitrogen and oxygen atoms in total. The first-order valence-corrected chi connectivity index (χ1v) is 12.4. The first-order chi connectivity index (χ1) is 16.0. The molecule has 33 heavy (non-hydrogen) atoms. The molecule has 0 radical (unpaired) electrons. The Labute approximate surface area is 202 Å². The van der Waals surface area contributed by atoms with Gasteiger partial charge in [0.1, 0.15) is 15.8 Å². The summed E-state index contributed by atoms with van der Waals surface area (Å²) in [5.74, 6) is 0.256. The van der Waals surface area contributed by atoms with Crippen LogP contribution in [0, 0.1) is 6.92 Å². The van der Waals surface area contributed by atoms with Crippen LogP contribution >= 0.6 is 24.0 Å². The maximum Gasteiger partial charge on any atom is 0.267 e. The molecule has 1 N–H and O–H groups in total. The summed E-state index contributed by atoms with van der Waals surface area (Å²) in [6.07, 6.45) is 6.08. The molecule has 10 heteroatoms. The third-order valence-electron chi connectivity index (χ3n) is 5.63. The number of thioether (sulfide) groups is 1. The predicted molar refractivity (Wildman–Crippen MR) is 135 cm³/mol. The number of pyridine rings is 1. The largest absolute Gasteiger partial charge is 0.382 e. The number of ether oxygens (including phenoxy) is 2. The van der Waals surface area contributed by atoms with Crippen molar-refractivity contribution in [2.45, 2.75) is 39.2 Å². The molecule has 0 aromatic carbocycles. The zero-order valence-electron chi connectivity index (χ0n) is 18.8. The van der Waals surface area contributed by atoms with Crippen LogP contribution in [-0.2, 0) is 14.3 Å². The van der Waals surface area contributed by atoms with Gasteiger partial charge in [0.05, 0.1) is 16.6 Å². The summed E-state index contributed by atoms with van der Waals surface area (Å²) in [6.45, 7) is 6.84. The molecule has 2 fully saturated rings. The van der Waals surface area contributed by atoms with Crippen molar-refractivity contribution in [3.8, 4) is 0 Å². The Morgan fingerprint density at radius 3 is 3.03 bits per heavy atom. The maximum atomic E-state index is 13.4. The average molecular weight is 489 g/mol. The molecule has 0 saturated carbocycles. The summed E-state index contributed by atoms with van der Waals surface area (Å²) >= 11 is 6.64. The van der Waals surface area contributed by atoms with Crippen molar-refractivity contribution in [3.63, 3.8) is 0 Å². The number of nitrogens with one attached hydrogen (secondary N) is 1. The fraction of sp³-hybridized carbons (Fsp3) is 0.478. The summed E-state index contributed by atoms with van der Waals surface area (Å²) < 4.78 is 13.1. The highest BCUT2D eigenvalue weighted by atomic mass is 32.2. The van der Waals surface area contributed by atoms with Gasteiger partial charge in [-0.1, -0.05) is 30.0 Å². The van der Waals surface area contributed by atoms with Crippen molar-refractivity contribution < 1.29 is 14.3 Å². The smallest absolute Gasteiger partial charge is 0.267 e. The number of amides is 1. The summed E-state index contributed by atoms with van der Waals surface area (Å²) in [5.41, 5.74) is 1.57. The molecule has 176 valence electrons. The van der Waals surface area contributed by atoms with E-state index in [1.54, 1.807) is 17.2 Å². The Balaban J connectivity index is 1.66. The Kier molecular flexibility index (Phi) is 7.79. The van der Waals surface area contributed by atoms with E-state index in [9.17, 15) is 9.59 Å². The molecule has 1 unspecified atom stereocenters. The van der Waals surface area contributed by atoms with Gasteiger partial charge >= 0.3 is 0 Å². The van der Waals surface area contributed by atoms with E-state index in [0.29, 0.717) is 59.0 Å². The first kappa shape index (κ1) is 23.9. The minimum absolute atomic E-state index is 0.0820. The van der Waals surface area contributed by atoms with Gasteiger partial charge in [-0.2, -0.15) is 0 Å². The van der Waals surface area contributed by atoms with Gasteiger partial charge in [-0.15, -0.1) is 0 Å². The Bertz CT molecular complexity index is 1140. The van der Waals surface area contributed by atoms with E-state index in [-0.39, 0.29) is 17.6 Å². The molecule has 4 rings (SSSR count). The van der Waals surface area contributed by atoms with Crippen LogP contribution in [0.25, 0.3) is 11.7 Å². The van der Waals surface area contributed by atoms with E-state index < -0.39 is 0 Å². The fourth-order valence-corrected chi connectivity index (χ4v) is 5.18. The second-order valence-corrected chi connectivity index (χ2v) is 9.64. The number of anilines is 1. The molecule has 2 aliphatic heterocycles. The van der Waals surface area contributed by atoms with Crippen LogP contribution in [-0.4, -0.2) is 63.5 Å². The molecule has 2 saturated heterocycles. The van der Waals surface area contributed by atoms with Crippen LogP contribution in [0.5, 0.6) is 0 Å². The van der Waals surface area contributed by atoms with Crippen molar-refractivity contribution in [2.75, 3.05) is 38.2 Å². The maximum absolute atomic E-state index is 13.4. The fourth-order valence-electron chi connectivity index (χ4n) is 3.89. The molecule has 2 aliphatic rings. The monoisotopic (exact) mass is 488 g/mol. The summed E-state index contributed by atoms with van der Waals surface area (Å²) in [7, 11) is 0. The van der Waals surface area contributed by atoms with Gasteiger partial charge in [-0.3, -0.25) is 18.9 Å². The van der Waals surface area contributed by atoms with Gasteiger partial charge in [0.15, 0.2) is 0 Å². The van der Waals surface area contributed by atoms with Crippen molar-refractivity contribution in [2.24, 2.45) is 0 Å². The third-order valence-corrected chi connectivity index (χ3v) is 7.01. The van der Waals surface area contributed by atoms with Crippen LogP contribution in [0.15, 0.2) is 28.0 Å². The number of rotatable bonds is 9. The van der Waals surface area contributed by atoms with Crippen LogP contribution < -0.4 is 10.9 Å². The van der Waals surface area contributed by atoms with E-state index in [0.717, 1.165) is 25.0 Å². The van der Waals surface area contributed by atoms with Gasteiger partial charge in [-0.05, 0) is 50.8 Å². The van der Waals surface area contributed by atoms with E-state index in [2.05, 4.69) is 5.32 Å². The van der Waals surface area contributed by atoms with Gasteiger partial charge in [0.25, 0.3) is 11.5 Å². The highest BCUT2D eigenvalue weighted by Crippen LogP contribution is 2.33. The van der Waals surface area contributed by atoms with E-state index in [1.807, 2.05) is 26.0 Å². The number of nitrogens with zero attached hydrogens (tertiary/aromatic N) is 3. The van der Waals surface area contributed by atoms with E-state index >= 15 is 0 Å². The third kappa shape index (κ3) is 5.29. The van der Waals surface area contributed by atoms with Crippen molar-refractivity contribution >= 4 is 51.7 Å². The van der Waals surface area contributed by atoms with Crippen molar-refractivity contribution in [1.82, 2.24) is 14.3 Å². The molecule has 2 aromatic heterocycles. The lowest BCUT2D eigenvalue weighted by Crippen LogP contribution is -2.30. The predicted octanol–water partition coefficient (Wildman–Crippen LogP) is 3.22. The molecular formula is C23H28N4O4S2. The minimum atomic E-state index is -0.236. The highest BCUT2D eigenvalue weighted by Gasteiger charge is 2.32. The summed E-state index contributed by atoms with van der Waals surface area (Å²) in [4.78, 5) is 33.2. The van der Waals surface area contributed by atoms with E-state index in [4.69, 9.17) is 26.7 Å². The number of aromatic nitrogens is 2. The Hall–Kier alpha value is -2.27. The van der Waals surface area contributed by atoms with Crippen molar-refractivity contribution in [1.29, 1.82) is 0 Å². The minimum Gasteiger partial charge on any atom is -0.382 e. The average Bonchev–Trinajstić information content (AvgIpc) is 3.41. The van der Waals surface area contributed by atoms with Gasteiger partial charge in [-0.25, -0.2) is 4.98 Å². The molecule has 4 heterocycles. The zero-order valence-corrected chi connectivity index (χ0v) is 20.5. The first-order valence-electron chi connectivity index (χ1n) is 11.2. The van der Waals surface area contributed by atoms with Crippen LogP contribution in [0.1, 0.15) is 37.3 Å². The number of aryl methyl sites for hydroxylation is 1. The number of carbonyl (C=O) groups excluding carboxylic acids is 1. The molecule has 1 amide bonds. The van der Waals surface area contributed by atoms with Gasteiger partial charge < -0.3 is 14.8 Å². The van der Waals surface area contributed by atoms with Crippen molar-refractivity contribution in [3.05, 3.63) is 44.7 Å². The topological polar surface area (TPSA) is 85.2 Å². The molecular weight excluding hydrogens is 460 g/mol. The molecule has 2 aromatic rings. The van der Waals surface area contributed by atoms with Crippen LogP contribution in [0.3, 0.4) is 0 Å². The lowest BCUT2D eigenvalue weighted by Gasteiger charge is -2.15. The summed E-state index contributed by atoms with van der Waals surface area (Å²) in [6, 6.07) is 3.73. The van der Waals surface area contributed by atoms with E-state index in [1.165, 1.54) is 16.2 Å². The zero-order chi connectivity index (χ0) is 23.4. The Morgan fingerprint density at radius 1 is 1.42 bits per heavy atom. The standard InChI is InChI=1S/C23H28N4O4S2/c1-3-30-11-6-10-27-22(29)18(33-23(27)32)13-17-19(24-14-16-8-5-12-31-16)25-20-15(2)7-4-9-26(20)21(17)28/h4,7,9,13,16,24H,3,5-6,8,10-12,14H2,1-2H3/b18-13+. The van der Waals surface area contributed by atoms with Crippen LogP contribution in [0.4, 0.5) is 5.82 Å². The Morgan fingerprint density at radius 2 is 2.27 bits per heavy atom. The number of carbonyl (C=O) groups is 1. The summed E-state index contributed by atoms with van der Waals surface area (Å²) in [5, 5.41) is 3.30.